The van der Waals surface area contributed by atoms with Gasteiger partial charge in [0.15, 0.2) is 0 Å². The van der Waals surface area contributed by atoms with E-state index in [1.165, 1.54) is 114 Å². The van der Waals surface area contributed by atoms with Crippen LogP contribution in [0.3, 0.4) is 0 Å². The lowest BCUT2D eigenvalue weighted by atomic mass is 10.1. The van der Waals surface area contributed by atoms with Crippen LogP contribution in [0.5, 0.6) is 11.5 Å². The highest BCUT2D eigenvalue weighted by Gasteiger charge is 2.06. The van der Waals surface area contributed by atoms with Gasteiger partial charge in [-0.05, 0) is 73.9 Å². The van der Waals surface area contributed by atoms with Crippen molar-refractivity contribution in [3.63, 3.8) is 0 Å². The summed E-state index contributed by atoms with van der Waals surface area (Å²) in [7, 11) is 13.7. The fraction of sp³-hybridized carbons (Fsp3) is 0.684. The molecule has 42 heavy (non-hydrogen) atoms. The van der Waals surface area contributed by atoms with E-state index < -0.39 is 0 Å². The van der Waals surface area contributed by atoms with Gasteiger partial charge in [-0.2, -0.15) is 0 Å². The summed E-state index contributed by atoms with van der Waals surface area (Å²) in [6.45, 7) is 4.20. The lowest BCUT2D eigenvalue weighted by Gasteiger charge is -2.23. The molecule has 2 aromatic rings. The van der Waals surface area contributed by atoms with E-state index in [0.29, 0.717) is 0 Å². The highest BCUT2D eigenvalue weighted by molar-refractivity contribution is 5.64. The van der Waals surface area contributed by atoms with E-state index in [1.807, 2.05) is 0 Å². The van der Waals surface area contributed by atoms with E-state index in [1.54, 1.807) is 0 Å². The van der Waals surface area contributed by atoms with Crippen LogP contribution in [-0.2, 0) is 0 Å². The van der Waals surface area contributed by atoms with Crippen molar-refractivity contribution in [2.24, 2.45) is 0 Å². The van der Waals surface area contributed by atoms with Crippen LogP contribution < -0.4 is 9.47 Å². The van der Waals surface area contributed by atoms with Gasteiger partial charge in [0.25, 0.3) is 0 Å². The van der Waals surface area contributed by atoms with E-state index in [0.717, 1.165) is 46.5 Å². The summed E-state index contributed by atoms with van der Waals surface area (Å²) in [6, 6.07) is 17.0. The molecule has 2 aromatic carbocycles. The van der Waals surface area contributed by atoms with Crippen LogP contribution in [0.1, 0.15) is 103 Å². The molecule has 0 spiro atoms. The summed E-state index contributed by atoms with van der Waals surface area (Å²) in [5.74, 6) is 1.94. The van der Waals surface area contributed by atoms with Crippen molar-refractivity contribution in [1.29, 1.82) is 0 Å². The van der Waals surface area contributed by atoms with E-state index >= 15 is 0 Å². The molecule has 4 nitrogen and oxygen atoms in total. The van der Waals surface area contributed by atoms with Crippen molar-refractivity contribution in [2.75, 3.05) is 68.6 Å². The van der Waals surface area contributed by atoms with Crippen molar-refractivity contribution in [2.45, 2.75) is 103 Å². The van der Waals surface area contributed by atoms with Crippen LogP contribution in [0.15, 0.2) is 48.5 Å². The summed E-state index contributed by atoms with van der Waals surface area (Å²) in [4.78, 5) is 0. The summed E-state index contributed by atoms with van der Waals surface area (Å²) in [5, 5.41) is 0. The smallest absolute Gasteiger partial charge is 0.119 e. The number of hydrogen-bond donors (Lipinski definition) is 0. The van der Waals surface area contributed by atoms with Gasteiger partial charge < -0.3 is 18.4 Å². The molecule has 0 aliphatic carbocycles. The normalized spacial score (nSPS) is 12.0. The van der Waals surface area contributed by atoms with E-state index in [2.05, 4.69) is 90.8 Å². The SMILES string of the molecule is C[N+](C)(C)CCCCCCCCCCOc1ccc(-c2ccc(OCCCCCCCCCC[N+](C)(C)C)cc2)cc1. The number of benzene rings is 2. The molecule has 2 rings (SSSR count). The maximum absolute atomic E-state index is 6.00. The fourth-order valence-electron chi connectivity index (χ4n) is 5.36. The first-order chi connectivity index (χ1) is 20.1. The van der Waals surface area contributed by atoms with Gasteiger partial charge in [0.1, 0.15) is 11.5 Å². The first-order valence-corrected chi connectivity index (χ1v) is 17.2. The number of unbranched alkanes of at least 4 members (excludes halogenated alkanes) is 14. The maximum Gasteiger partial charge on any atom is 0.119 e. The molecule has 0 N–H and O–H groups in total. The Morgan fingerprint density at radius 3 is 0.905 bits per heavy atom. The van der Waals surface area contributed by atoms with Crippen LogP contribution in [0.25, 0.3) is 11.1 Å². The average molecular weight is 583 g/mol. The van der Waals surface area contributed by atoms with Crippen LogP contribution in [0.4, 0.5) is 0 Å². The Bertz CT molecular complexity index is 833. The molecule has 0 radical (unpaired) electrons. The van der Waals surface area contributed by atoms with Crippen LogP contribution in [-0.4, -0.2) is 77.6 Å². The van der Waals surface area contributed by atoms with Crippen molar-refractivity contribution in [3.05, 3.63) is 48.5 Å². The van der Waals surface area contributed by atoms with Gasteiger partial charge in [0, 0.05) is 0 Å². The summed E-state index contributed by atoms with van der Waals surface area (Å²) >= 11 is 0. The topological polar surface area (TPSA) is 18.5 Å². The van der Waals surface area contributed by atoms with E-state index in [9.17, 15) is 0 Å². The molecule has 0 heterocycles. The molecule has 0 amide bonds. The maximum atomic E-state index is 6.00. The monoisotopic (exact) mass is 583 g/mol. The molecule has 0 fully saturated rings. The minimum absolute atomic E-state index is 0.812. The van der Waals surface area contributed by atoms with E-state index in [4.69, 9.17) is 9.47 Å². The number of ether oxygens (including phenoxy) is 2. The van der Waals surface area contributed by atoms with Gasteiger partial charge in [0.05, 0.1) is 68.6 Å². The standard InChI is InChI=1S/C38H66N2O2/c1-39(2,3)31-19-15-11-7-9-13-17-21-33-41-37-27-23-35(24-28-37)36-25-29-38(30-26-36)42-34-22-18-14-10-8-12-16-20-32-40(4,5)6/h23-30H,7-22,31-34H2,1-6H3/q+2. The minimum atomic E-state index is 0.812. The Balaban J connectivity index is 1.48. The molecule has 0 atom stereocenters. The predicted octanol–water partition coefficient (Wildman–Crippen LogP) is 9.77. The Kier molecular flexibility index (Phi) is 17.9. The molecule has 0 saturated heterocycles. The highest BCUT2D eigenvalue weighted by Crippen LogP contribution is 2.25. The minimum Gasteiger partial charge on any atom is -0.494 e. The molecule has 0 saturated carbocycles. The second-order valence-corrected chi connectivity index (χ2v) is 14.4. The van der Waals surface area contributed by atoms with Crippen molar-refractivity contribution >= 4 is 0 Å². The third kappa shape index (κ3) is 19.2. The molecule has 0 unspecified atom stereocenters. The second-order valence-electron chi connectivity index (χ2n) is 14.4. The van der Waals surface area contributed by atoms with Crippen LogP contribution >= 0.6 is 0 Å². The van der Waals surface area contributed by atoms with Gasteiger partial charge in [-0.3, -0.25) is 0 Å². The van der Waals surface area contributed by atoms with Crippen molar-refractivity contribution in [1.82, 2.24) is 0 Å². The zero-order valence-corrected chi connectivity index (χ0v) is 28.5. The quantitative estimate of drug-likeness (QED) is 0.0857. The third-order valence-corrected chi connectivity index (χ3v) is 8.03. The molecule has 0 aliphatic rings. The zero-order chi connectivity index (χ0) is 30.5. The molecule has 0 bridgehead atoms. The Hall–Kier alpha value is -2.04. The number of nitrogens with zero attached hydrogens (tertiary/aromatic N) is 2. The van der Waals surface area contributed by atoms with Gasteiger partial charge in [-0.15, -0.1) is 0 Å². The molecule has 238 valence electrons. The van der Waals surface area contributed by atoms with Gasteiger partial charge in [-0.25, -0.2) is 0 Å². The molecular formula is C38H66N2O2+2. The second kappa shape index (κ2) is 20.8. The van der Waals surface area contributed by atoms with Gasteiger partial charge >= 0.3 is 0 Å². The van der Waals surface area contributed by atoms with Crippen molar-refractivity contribution in [3.8, 4) is 22.6 Å². The van der Waals surface area contributed by atoms with Crippen LogP contribution in [0.2, 0.25) is 0 Å². The van der Waals surface area contributed by atoms with Crippen LogP contribution in [0, 0.1) is 0 Å². The summed E-state index contributed by atoms with van der Waals surface area (Å²) < 4.78 is 14.2. The van der Waals surface area contributed by atoms with Gasteiger partial charge in [-0.1, -0.05) is 88.5 Å². The average Bonchev–Trinajstić information content (AvgIpc) is 2.94. The third-order valence-electron chi connectivity index (χ3n) is 8.03. The first-order valence-electron chi connectivity index (χ1n) is 17.2. The summed E-state index contributed by atoms with van der Waals surface area (Å²) in [6.07, 6.45) is 21.2. The number of rotatable bonds is 25. The Morgan fingerprint density at radius 2 is 0.619 bits per heavy atom. The van der Waals surface area contributed by atoms with Crippen molar-refractivity contribution < 1.29 is 18.4 Å². The highest BCUT2D eigenvalue weighted by atomic mass is 16.5. The lowest BCUT2D eigenvalue weighted by molar-refractivity contribution is -0.870. The number of hydrogen-bond acceptors (Lipinski definition) is 2. The largest absolute Gasteiger partial charge is 0.494 e. The Morgan fingerprint density at radius 1 is 0.357 bits per heavy atom. The molecule has 0 aromatic heterocycles. The molecular weight excluding hydrogens is 516 g/mol. The summed E-state index contributed by atoms with van der Waals surface area (Å²) in [5.41, 5.74) is 2.43. The molecule has 4 heteroatoms. The first kappa shape index (κ1) is 36.2. The predicted molar refractivity (Wildman–Crippen MR) is 183 cm³/mol. The number of quaternary nitrogens is 2. The van der Waals surface area contributed by atoms with Gasteiger partial charge in [0.2, 0.25) is 0 Å². The van der Waals surface area contributed by atoms with E-state index in [-0.39, 0.29) is 0 Å². The lowest BCUT2D eigenvalue weighted by Crippen LogP contribution is -2.35. The zero-order valence-electron chi connectivity index (χ0n) is 28.5. The fourth-order valence-corrected chi connectivity index (χ4v) is 5.36. The Labute approximate surface area is 260 Å². The molecule has 0 aliphatic heterocycles.